The van der Waals surface area contributed by atoms with Crippen molar-refractivity contribution in [3.63, 3.8) is 0 Å². The zero-order chi connectivity index (χ0) is 21.1. The SMILES string of the molecule is CC(=O)Nc1ccc(S(=O)(=O)Nc2n[nH]c3c2CCN(Cc2ccccc2)C3)cc1. The summed E-state index contributed by atoms with van der Waals surface area (Å²) < 4.78 is 28.1. The monoisotopic (exact) mass is 425 g/mol. The third-order valence-corrected chi connectivity index (χ3v) is 6.33. The Morgan fingerprint density at radius 2 is 1.87 bits per heavy atom. The van der Waals surface area contributed by atoms with E-state index >= 15 is 0 Å². The molecule has 1 amide bonds. The van der Waals surface area contributed by atoms with E-state index in [-0.39, 0.29) is 10.8 Å². The summed E-state index contributed by atoms with van der Waals surface area (Å²) in [6.45, 7) is 3.74. The third kappa shape index (κ3) is 4.52. The zero-order valence-corrected chi connectivity index (χ0v) is 17.4. The lowest BCUT2D eigenvalue weighted by atomic mass is 10.1. The number of fused-ring (bicyclic) bond motifs is 1. The van der Waals surface area contributed by atoms with E-state index in [1.54, 1.807) is 12.1 Å². The minimum Gasteiger partial charge on any atom is -0.326 e. The molecule has 2 aromatic carbocycles. The number of anilines is 2. The number of sulfonamides is 1. The number of carbonyl (C=O) groups excluding carboxylic acids is 1. The van der Waals surface area contributed by atoms with E-state index in [0.717, 1.165) is 24.3 Å². The Hall–Kier alpha value is -3.17. The molecular weight excluding hydrogens is 402 g/mol. The normalized spacial score (nSPS) is 14.2. The Labute approximate surface area is 175 Å². The van der Waals surface area contributed by atoms with Crippen LogP contribution in [-0.2, 0) is 34.3 Å². The number of aromatic nitrogens is 2. The maximum absolute atomic E-state index is 12.8. The van der Waals surface area contributed by atoms with Crippen molar-refractivity contribution < 1.29 is 13.2 Å². The molecule has 1 aliphatic rings. The van der Waals surface area contributed by atoms with Crippen LogP contribution >= 0.6 is 0 Å². The predicted octanol–water partition coefficient (Wildman–Crippen LogP) is 2.73. The van der Waals surface area contributed by atoms with E-state index in [4.69, 9.17) is 0 Å². The number of nitrogens with one attached hydrogen (secondary N) is 3. The summed E-state index contributed by atoms with van der Waals surface area (Å²) in [5.41, 5.74) is 3.61. The maximum atomic E-state index is 12.8. The van der Waals surface area contributed by atoms with Crippen molar-refractivity contribution in [3.8, 4) is 0 Å². The molecule has 3 N–H and O–H groups in total. The molecule has 0 spiro atoms. The summed E-state index contributed by atoms with van der Waals surface area (Å²) in [7, 11) is -3.78. The molecule has 3 aromatic rings. The summed E-state index contributed by atoms with van der Waals surface area (Å²) in [4.78, 5) is 13.5. The van der Waals surface area contributed by atoms with Gasteiger partial charge >= 0.3 is 0 Å². The van der Waals surface area contributed by atoms with Gasteiger partial charge in [-0.05, 0) is 36.2 Å². The molecule has 4 rings (SSSR count). The van der Waals surface area contributed by atoms with Crippen LogP contribution < -0.4 is 10.0 Å². The van der Waals surface area contributed by atoms with Crippen molar-refractivity contribution in [2.45, 2.75) is 31.3 Å². The summed E-state index contributed by atoms with van der Waals surface area (Å²) in [6, 6.07) is 16.3. The molecular formula is C21H23N5O3S. The van der Waals surface area contributed by atoms with Gasteiger partial charge in [0.25, 0.3) is 10.0 Å². The Morgan fingerprint density at radius 1 is 1.13 bits per heavy atom. The molecule has 0 atom stereocenters. The summed E-state index contributed by atoms with van der Waals surface area (Å²) >= 11 is 0. The van der Waals surface area contributed by atoms with Gasteiger partial charge in [-0.15, -0.1) is 0 Å². The fourth-order valence-corrected chi connectivity index (χ4v) is 4.58. The lowest BCUT2D eigenvalue weighted by Crippen LogP contribution is -2.30. The molecule has 0 unspecified atom stereocenters. The topological polar surface area (TPSA) is 107 Å². The second kappa shape index (κ2) is 8.29. The Kier molecular flexibility index (Phi) is 5.56. The van der Waals surface area contributed by atoms with E-state index in [0.29, 0.717) is 24.5 Å². The largest absolute Gasteiger partial charge is 0.326 e. The van der Waals surface area contributed by atoms with Gasteiger partial charge in [0.1, 0.15) is 0 Å². The van der Waals surface area contributed by atoms with Crippen molar-refractivity contribution in [1.29, 1.82) is 0 Å². The number of amides is 1. The standard InChI is InChI=1S/C21H23N5O3S/c1-15(27)22-17-7-9-18(10-8-17)30(28,29)25-21-19-11-12-26(14-20(19)23-24-21)13-16-5-3-2-4-6-16/h2-10H,11-14H2,1H3,(H,22,27)(H2,23,24,25). The first-order valence-corrected chi connectivity index (χ1v) is 11.1. The van der Waals surface area contributed by atoms with Gasteiger partial charge in [-0.2, -0.15) is 5.10 Å². The third-order valence-electron chi connectivity index (χ3n) is 4.98. The molecule has 2 heterocycles. The van der Waals surface area contributed by atoms with Crippen molar-refractivity contribution in [2.75, 3.05) is 16.6 Å². The number of carbonyl (C=O) groups is 1. The first kappa shape index (κ1) is 20.1. The van der Waals surface area contributed by atoms with Crippen LogP contribution in [0.25, 0.3) is 0 Å². The smallest absolute Gasteiger partial charge is 0.263 e. The first-order valence-electron chi connectivity index (χ1n) is 9.63. The average Bonchev–Trinajstić information content (AvgIpc) is 3.10. The highest BCUT2D eigenvalue weighted by molar-refractivity contribution is 7.92. The van der Waals surface area contributed by atoms with Crippen LogP contribution in [0.3, 0.4) is 0 Å². The molecule has 9 heteroatoms. The number of rotatable bonds is 6. The van der Waals surface area contributed by atoms with E-state index in [9.17, 15) is 13.2 Å². The van der Waals surface area contributed by atoms with Crippen LogP contribution in [-0.4, -0.2) is 36.0 Å². The minimum atomic E-state index is -3.78. The lowest BCUT2D eigenvalue weighted by molar-refractivity contribution is -0.114. The van der Waals surface area contributed by atoms with Crippen molar-refractivity contribution in [2.24, 2.45) is 0 Å². The fraction of sp³-hybridized carbons (Fsp3) is 0.238. The predicted molar refractivity (Wildman–Crippen MR) is 114 cm³/mol. The quantitative estimate of drug-likeness (QED) is 0.563. The summed E-state index contributed by atoms with van der Waals surface area (Å²) in [5, 5.41) is 9.80. The maximum Gasteiger partial charge on any atom is 0.263 e. The van der Waals surface area contributed by atoms with Gasteiger partial charge in [0.2, 0.25) is 5.91 Å². The number of benzene rings is 2. The molecule has 1 aliphatic heterocycles. The fourth-order valence-electron chi connectivity index (χ4n) is 3.54. The molecule has 0 aliphatic carbocycles. The lowest BCUT2D eigenvalue weighted by Gasteiger charge is -2.26. The second-order valence-electron chi connectivity index (χ2n) is 7.29. The summed E-state index contributed by atoms with van der Waals surface area (Å²) in [6.07, 6.45) is 0.706. The Bertz CT molecular complexity index is 1140. The van der Waals surface area contributed by atoms with Crippen LogP contribution in [0.4, 0.5) is 11.5 Å². The molecule has 0 saturated heterocycles. The molecule has 8 nitrogen and oxygen atoms in total. The second-order valence-corrected chi connectivity index (χ2v) is 8.97. The highest BCUT2D eigenvalue weighted by Crippen LogP contribution is 2.27. The van der Waals surface area contributed by atoms with Gasteiger partial charge in [-0.1, -0.05) is 30.3 Å². The van der Waals surface area contributed by atoms with Gasteiger partial charge in [-0.3, -0.25) is 19.5 Å². The molecule has 0 radical (unpaired) electrons. The molecule has 0 bridgehead atoms. The number of aromatic amines is 1. The highest BCUT2D eigenvalue weighted by Gasteiger charge is 2.25. The van der Waals surface area contributed by atoms with Crippen LogP contribution in [0.5, 0.6) is 0 Å². The first-order chi connectivity index (χ1) is 14.4. The van der Waals surface area contributed by atoms with Gasteiger partial charge in [0.05, 0.1) is 10.6 Å². The van der Waals surface area contributed by atoms with E-state index in [1.807, 2.05) is 18.2 Å². The van der Waals surface area contributed by atoms with E-state index < -0.39 is 10.0 Å². The van der Waals surface area contributed by atoms with Crippen LogP contribution in [0.1, 0.15) is 23.7 Å². The van der Waals surface area contributed by atoms with Gasteiger partial charge in [-0.25, -0.2) is 8.42 Å². The van der Waals surface area contributed by atoms with Crippen molar-refractivity contribution in [3.05, 3.63) is 71.4 Å². The van der Waals surface area contributed by atoms with Crippen molar-refractivity contribution in [1.82, 2.24) is 15.1 Å². The van der Waals surface area contributed by atoms with Crippen LogP contribution in [0.15, 0.2) is 59.5 Å². The Balaban J connectivity index is 1.45. The minimum absolute atomic E-state index is 0.106. The number of H-pyrrole nitrogens is 1. The van der Waals surface area contributed by atoms with Crippen LogP contribution in [0, 0.1) is 0 Å². The van der Waals surface area contributed by atoms with Gasteiger partial charge < -0.3 is 5.32 Å². The van der Waals surface area contributed by atoms with Gasteiger partial charge in [0.15, 0.2) is 5.82 Å². The number of hydrogen-bond acceptors (Lipinski definition) is 5. The van der Waals surface area contributed by atoms with Crippen molar-refractivity contribution >= 4 is 27.4 Å². The van der Waals surface area contributed by atoms with E-state index in [1.165, 1.54) is 24.6 Å². The molecule has 1 aromatic heterocycles. The van der Waals surface area contributed by atoms with Crippen LogP contribution in [0.2, 0.25) is 0 Å². The number of hydrogen-bond donors (Lipinski definition) is 3. The van der Waals surface area contributed by atoms with E-state index in [2.05, 4.69) is 37.3 Å². The Morgan fingerprint density at radius 3 is 2.57 bits per heavy atom. The molecule has 0 saturated carbocycles. The average molecular weight is 426 g/mol. The van der Waals surface area contributed by atoms with Gasteiger partial charge in [0, 0.05) is 37.8 Å². The zero-order valence-electron chi connectivity index (χ0n) is 16.6. The number of nitrogens with zero attached hydrogens (tertiary/aromatic N) is 2. The highest BCUT2D eigenvalue weighted by atomic mass is 32.2. The molecule has 156 valence electrons. The summed E-state index contributed by atoms with van der Waals surface area (Å²) in [5.74, 6) is 0.128. The molecule has 0 fully saturated rings. The molecule has 30 heavy (non-hydrogen) atoms.